The van der Waals surface area contributed by atoms with Crippen molar-refractivity contribution in [2.45, 2.75) is 84.2 Å². The van der Waals surface area contributed by atoms with Gasteiger partial charge in [-0.2, -0.15) is 0 Å². The number of unbranched alkanes of at least 4 members (excludes halogenated alkanes) is 7. The Morgan fingerprint density at radius 3 is 1.79 bits per heavy atom. The summed E-state index contributed by atoms with van der Waals surface area (Å²) in [5, 5.41) is 0. The molecule has 1 aromatic carbocycles. The number of carbonyl (C=O) groups is 2. The second kappa shape index (κ2) is 16.2. The van der Waals surface area contributed by atoms with Crippen LogP contribution in [0.4, 0.5) is 22.0 Å². The first-order valence-electron chi connectivity index (χ1n) is 11.3. The lowest BCUT2D eigenvalue weighted by molar-refractivity contribution is -0.146. The van der Waals surface area contributed by atoms with Crippen molar-refractivity contribution in [2.24, 2.45) is 0 Å². The fourth-order valence-electron chi connectivity index (χ4n) is 3.00. The number of esters is 2. The molecule has 1 aromatic rings. The number of rotatable bonds is 16. The van der Waals surface area contributed by atoms with Crippen molar-refractivity contribution in [1.82, 2.24) is 0 Å². The Labute approximate surface area is 191 Å². The van der Waals surface area contributed by atoms with Gasteiger partial charge in [0, 0.05) is 12.8 Å². The van der Waals surface area contributed by atoms with Gasteiger partial charge in [0.2, 0.25) is 5.82 Å². The molecule has 4 nitrogen and oxygen atoms in total. The Balaban J connectivity index is 2.16. The van der Waals surface area contributed by atoms with Crippen LogP contribution in [0, 0.1) is 29.1 Å². The van der Waals surface area contributed by atoms with Crippen molar-refractivity contribution in [3.8, 4) is 0 Å². The number of hydrogen-bond acceptors (Lipinski definition) is 4. The molecule has 0 aliphatic heterocycles. The van der Waals surface area contributed by atoms with Crippen molar-refractivity contribution < 1.29 is 41.0 Å². The minimum atomic E-state index is -2.29. The Hall–Kier alpha value is -2.45. The molecule has 0 amide bonds. The number of carbonyl (C=O) groups excluding carboxylic acids is 2. The highest BCUT2D eigenvalue weighted by Gasteiger charge is 2.26. The zero-order valence-corrected chi connectivity index (χ0v) is 18.9. The van der Waals surface area contributed by atoms with E-state index < -0.39 is 53.2 Å². The van der Waals surface area contributed by atoms with E-state index in [1.165, 1.54) is 38.5 Å². The Kier molecular flexibility index (Phi) is 14.0. The third-order valence-electron chi connectivity index (χ3n) is 4.92. The summed E-state index contributed by atoms with van der Waals surface area (Å²) in [6.07, 6.45) is 12.9. The van der Waals surface area contributed by atoms with Crippen molar-refractivity contribution in [1.29, 1.82) is 0 Å². The maximum atomic E-state index is 13.5. The second-order valence-corrected chi connectivity index (χ2v) is 7.63. The molecule has 0 spiro atoms. The first kappa shape index (κ1) is 28.6. The van der Waals surface area contributed by atoms with E-state index in [9.17, 15) is 31.5 Å². The number of hydrogen-bond donors (Lipinski definition) is 0. The second-order valence-electron chi connectivity index (χ2n) is 7.63. The van der Waals surface area contributed by atoms with Gasteiger partial charge in [-0.3, -0.25) is 9.59 Å². The fourth-order valence-corrected chi connectivity index (χ4v) is 3.00. The van der Waals surface area contributed by atoms with Gasteiger partial charge < -0.3 is 9.47 Å². The average Bonchev–Trinajstić information content (AvgIpc) is 2.80. The zero-order chi connectivity index (χ0) is 24.6. The van der Waals surface area contributed by atoms with Gasteiger partial charge in [-0.25, -0.2) is 22.0 Å². The van der Waals surface area contributed by atoms with Crippen LogP contribution in [0.5, 0.6) is 0 Å². The van der Waals surface area contributed by atoms with E-state index in [1.54, 1.807) is 6.08 Å². The van der Waals surface area contributed by atoms with Crippen LogP contribution in [0.1, 0.15) is 83.1 Å². The molecule has 0 saturated heterocycles. The SMILES string of the molecule is CCCCCCCCC/C=C/COC(=O)CCCC(=O)OCc1c(F)c(F)c(F)c(F)c1F. The molecule has 0 aliphatic rings. The molecule has 0 bridgehead atoms. The first-order valence-corrected chi connectivity index (χ1v) is 11.3. The lowest BCUT2D eigenvalue weighted by atomic mass is 10.1. The minimum Gasteiger partial charge on any atom is -0.461 e. The third kappa shape index (κ3) is 10.8. The smallest absolute Gasteiger partial charge is 0.306 e. The summed E-state index contributed by atoms with van der Waals surface area (Å²) in [4.78, 5) is 23.3. The van der Waals surface area contributed by atoms with Crippen LogP contribution >= 0.6 is 0 Å². The fraction of sp³-hybridized carbons (Fsp3) is 0.583. The largest absolute Gasteiger partial charge is 0.461 e. The van der Waals surface area contributed by atoms with E-state index in [0.29, 0.717) is 0 Å². The predicted octanol–water partition coefficient (Wildman–Crippen LogP) is 6.84. The maximum absolute atomic E-state index is 13.5. The standard InChI is InChI=1S/C24H31F5O4/c1-2-3-4-5-6-7-8-9-10-11-15-32-18(30)13-12-14-19(31)33-16-17-20(25)22(27)24(29)23(28)21(17)26/h10-11H,2-9,12-16H2,1H3/b11-10+. The predicted molar refractivity (Wildman–Crippen MR) is 113 cm³/mol. The average molecular weight is 478 g/mol. The summed E-state index contributed by atoms with van der Waals surface area (Å²) in [5.41, 5.74) is -1.23. The molecule has 1 rings (SSSR count). The highest BCUT2D eigenvalue weighted by atomic mass is 19.2. The van der Waals surface area contributed by atoms with Gasteiger partial charge in [0.25, 0.3) is 0 Å². The molecule has 9 heteroatoms. The Bertz CT molecular complexity index is 767. The van der Waals surface area contributed by atoms with Crippen LogP contribution in [0.25, 0.3) is 0 Å². The maximum Gasteiger partial charge on any atom is 0.306 e. The van der Waals surface area contributed by atoms with E-state index in [4.69, 9.17) is 4.74 Å². The Morgan fingerprint density at radius 2 is 1.18 bits per heavy atom. The molecule has 0 aliphatic carbocycles. The summed E-state index contributed by atoms with van der Waals surface area (Å²) in [7, 11) is 0. The van der Waals surface area contributed by atoms with Crippen LogP contribution in [0.2, 0.25) is 0 Å². The van der Waals surface area contributed by atoms with Gasteiger partial charge in [-0.1, -0.05) is 57.6 Å². The van der Waals surface area contributed by atoms with E-state index in [0.717, 1.165) is 12.8 Å². The molecule has 0 saturated carbocycles. The quantitative estimate of drug-likeness (QED) is 0.0652. The number of allylic oxidation sites excluding steroid dienone is 1. The molecule has 186 valence electrons. The molecule has 0 radical (unpaired) electrons. The lowest BCUT2D eigenvalue weighted by Gasteiger charge is -2.09. The van der Waals surface area contributed by atoms with Crippen LogP contribution in [-0.4, -0.2) is 18.5 Å². The molecule has 0 unspecified atom stereocenters. The number of halogens is 5. The molecular formula is C24H31F5O4. The van der Waals surface area contributed by atoms with Gasteiger partial charge in [0.1, 0.15) is 13.2 Å². The number of benzene rings is 1. The summed E-state index contributed by atoms with van der Waals surface area (Å²) >= 11 is 0. The summed E-state index contributed by atoms with van der Waals surface area (Å²) in [5.74, 6) is -12.1. The Morgan fingerprint density at radius 1 is 0.667 bits per heavy atom. The normalized spacial score (nSPS) is 11.2. The van der Waals surface area contributed by atoms with Crippen molar-refractivity contribution in [3.63, 3.8) is 0 Å². The van der Waals surface area contributed by atoms with E-state index in [-0.39, 0.29) is 25.9 Å². The summed E-state index contributed by atoms with van der Waals surface area (Å²) < 4.78 is 75.8. The van der Waals surface area contributed by atoms with Gasteiger partial charge in [-0.05, 0) is 19.3 Å². The van der Waals surface area contributed by atoms with Crippen molar-refractivity contribution in [3.05, 3.63) is 46.8 Å². The monoisotopic (exact) mass is 478 g/mol. The van der Waals surface area contributed by atoms with Gasteiger partial charge in [0.15, 0.2) is 23.3 Å². The summed E-state index contributed by atoms with van der Waals surface area (Å²) in [6.45, 7) is 1.20. The van der Waals surface area contributed by atoms with E-state index in [2.05, 4.69) is 11.7 Å². The molecule has 0 heterocycles. The summed E-state index contributed by atoms with van der Waals surface area (Å²) in [6, 6.07) is 0. The topological polar surface area (TPSA) is 52.6 Å². The van der Waals surface area contributed by atoms with E-state index in [1.807, 2.05) is 6.08 Å². The molecule has 0 atom stereocenters. The van der Waals surface area contributed by atoms with Crippen molar-refractivity contribution in [2.75, 3.05) is 6.61 Å². The highest BCUT2D eigenvalue weighted by molar-refractivity contribution is 5.72. The molecule has 0 N–H and O–H groups in total. The van der Waals surface area contributed by atoms with Gasteiger partial charge in [0.05, 0.1) is 5.56 Å². The number of ether oxygens (including phenoxy) is 2. The molecular weight excluding hydrogens is 447 g/mol. The van der Waals surface area contributed by atoms with Gasteiger partial charge in [-0.15, -0.1) is 0 Å². The van der Waals surface area contributed by atoms with Gasteiger partial charge >= 0.3 is 11.9 Å². The zero-order valence-electron chi connectivity index (χ0n) is 18.9. The molecule has 0 aromatic heterocycles. The van der Waals surface area contributed by atoms with Crippen LogP contribution in [-0.2, 0) is 25.7 Å². The third-order valence-corrected chi connectivity index (χ3v) is 4.92. The van der Waals surface area contributed by atoms with Crippen LogP contribution in [0.15, 0.2) is 12.2 Å². The highest BCUT2D eigenvalue weighted by Crippen LogP contribution is 2.23. The molecule has 33 heavy (non-hydrogen) atoms. The van der Waals surface area contributed by atoms with Crippen LogP contribution in [0.3, 0.4) is 0 Å². The van der Waals surface area contributed by atoms with Crippen molar-refractivity contribution >= 4 is 11.9 Å². The lowest BCUT2D eigenvalue weighted by Crippen LogP contribution is -2.12. The first-order chi connectivity index (χ1) is 15.8. The minimum absolute atomic E-state index is 0.0521. The molecule has 0 fully saturated rings. The van der Waals surface area contributed by atoms with Crippen LogP contribution < -0.4 is 0 Å². The van der Waals surface area contributed by atoms with E-state index >= 15 is 0 Å².